The van der Waals surface area contributed by atoms with Crippen molar-refractivity contribution in [2.45, 2.75) is 25.0 Å². The fourth-order valence-corrected chi connectivity index (χ4v) is 4.00. The second-order valence-electron chi connectivity index (χ2n) is 3.88. The molecule has 0 unspecified atom stereocenters. The van der Waals surface area contributed by atoms with Crippen LogP contribution in [0.1, 0.15) is 33.0 Å². The molecule has 0 bridgehead atoms. The summed E-state index contributed by atoms with van der Waals surface area (Å²) in [5, 5.41) is 11.3. The molecule has 0 radical (unpaired) electrons. The Balaban J connectivity index is 1.91. The molecule has 0 aliphatic carbocycles. The summed E-state index contributed by atoms with van der Waals surface area (Å²) < 4.78 is 0. The van der Waals surface area contributed by atoms with E-state index in [0.717, 1.165) is 29.2 Å². The van der Waals surface area contributed by atoms with Gasteiger partial charge in [0.05, 0.1) is 10.9 Å². The second kappa shape index (κ2) is 6.08. The molecule has 2 heterocycles. The molecule has 1 aliphatic heterocycles. The van der Waals surface area contributed by atoms with Crippen LogP contribution in [0.25, 0.3) is 0 Å². The highest BCUT2D eigenvalue weighted by Gasteiger charge is 2.16. The van der Waals surface area contributed by atoms with Gasteiger partial charge in [0.2, 0.25) is 0 Å². The van der Waals surface area contributed by atoms with Crippen LogP contribution in [0.4, 0.5) is 0 Å². The van der Waals surface area contributed by atoms with Crippen molar-refractivity contribution in [3.05, 3.63) is 21.4 Å². The van der Waals surface area contributed by atoms with Crippen LogP contribution < -0.4 is 5.32 Å². The summed E-state index contributed by atoms with van der Waals surface area (Å²) in [5.74, 6) is 2.21. The molecule has 1 aromatic rings. The number of fused-ring (bicyclic) bond motifs is 1. The second-order valence-corrected chi connectivity index (χ2v) is 6.12. The minimum absolute atomic E-state index is 0.00680. The highest BCUT2D eigenvalue weighted by Crippen LogP contribution is 2.31. The number of hydrogen-bond donors (Lipinski definition) is 1. The van der Waals surface area contributed by atoms with E-state index in [4.69, 9.17) is 5.26 Å². The van der Waals surface area contributed by atoms with Gasteiger partial charge in [-0.25, -0.2) is 0 Å². The Kier molecular flexibility index (Phi) is 4.46. The van der Waals surface area contributed by atoms with Crippen molar-refractivity contribution in [3.8, 4) is 6.07 Å². The van der Waals surface area contributed by atoms with E-state index in [1.165, 1.54) is 10.4 Å². The van der Waals surface area contributed by atoms with Gasteiger partial charge in [-0.05, 0) is 30.2 Å². The first-order valence-corrected chi connectivity index (χ1v) is 7.63. The van der Waals surface area contributed by atoms with Gasteiger partial charge >= 0.3 is 0 Å². The Bertz CT molecular complexity index is 424. The summed E-state index contributed by atoms with van der Waals surface area (Å²) >= 11 is 3.54. The summed E-state index contributed by atoms with van der Waals surface area (Å²) in [6.45, 7) is 0.587. The quantitative estimate of drug-likeness (QED) is 0.852. The predicted molar refractivity (Wildman–Crippen MR) is 71.4 cm³/mol. The molecule has 3 nitrogen and oxygen atoms in total. The topological polar surface area (TPSA) is 52.9 Å². The number of carbonyl (C=O) groups excluding carboxylic acids is 1. The molecule has 0 aromatic carbocycles. The third-order valence-corrected chi connectivity index (χ3v) is 4.85. The van der Waals surface area contributed by atoms with Gasteiger partial charge in [-0.3, -0.25) is 4.79 Å². The van der Waals surface area contributed by atoms with Gasteiger partial charge in [0.25, 0.3) is 5.91 Å². The number of carbonyl (C=O) groups is 1. The third kappa shape index (κ3) is 3.24. The number of nitrogens with zero attached hydrogens (tertiary/aromatic N) is 1. The van der Waals surface area contributed by atoms with Crippen molar-refractivity contribution < 1.29 is 4.79 Å². The van der Waals surface area contributed by atoms with Gasteiger partial charge in [-0.1, -0.05) is 0 Å². The fraction of sp³-hybridized carbons (Fsp3) is 0.500. The maximum atomic E-state index is 11.8. The molecule has 1 aromatic heterocycles. The summed E-state index contributed by atoms with van der Waals surface area (Å²) in [5.41, 5.74) is 1.33. The van der Waals surface area contributed by atoms with Gasteiger partial charge < -0.3 is 5.32 Å². The number of nitriles is 1. The van der Waals surface area contributed by atoms with Gasteiger partial charge in [-0.15, -0.1) is 11.3 Å². The first kappa shape index (κ1) is 12.5. The molecule has 90 valence electrons. The van der Waals surface area contributed by atoms with E-state index in [-0.39, 0.29) is 5.91 Å². The van der Waals surface area contributed by atoms with Crippen molar-refractivity contribution in [3.63, 3.8) is 0 Å². The standard InChI is InChI=1S/C12H14N2OS2/c13-4-1-2-5-14-12(15)11-7-9-8-16-6-3-10(9)17-11/h7H,1-3,5-6,8H2,(H,14,15). The van der Waals surface area contributed by atoms with Gasteiger partial charge in [0.1, 0.15) is 0 Å². The molecule has 0 fully saturated rings. The summed E-state index contributed by atoms with van der Waals surface area (Å²) in [4.78, 5) is 14.0. The molecule has 17 heavy (non-hydrogen) atoms. The number of unbranched alkanes of at least 4 members (excludes halogenated alkanes) is 1. The lowest BCUT2D eigenvalue weighted by atomic mass is 10.2. The summed E-state index contributed by atoms with van der Waals surface area (Å²) in [7, 11) is 0. The van der Waals surface area contributed by atoms with Crippen molar-refractivity contribution in [2.24, 2.45) is 0 Å². The molecular formula is C12H14N2OS2. The minimum atomic E-state index is 0.00680. The maximum absolute atomic E-state index is 11.8. The van der Waals surface area contributed by atoms with E-state index in [1.54, 1.807) is 11.3 Å². The summed E-state index contributed by atoms with van der Waals surface area (Å²) in [6, 6.07) is 4.09. The van der Waals surface area contributed by atoms with Gasteiger partial charge in [-0.2, -0.15) is 17.0 Å². The smallest absolute Gasteiger partial charge is 0.261 e. The molecule has 1 amide bonds. The van der Waals surface area contributed by atoms with Gasteiger partial charge in [0.15, 0.2) is 0 Å². The molecule has 0 atom stereocenters. The van der Waals surface area contributed by atoms with E-state index in [1.807, 2.05) is 17.8 Å². The Morgan fingerprint density at radius 2 is 2.47 bits per heavy atom. The van der Waals surface area contributed by atoms with Crippen LogP contribution in [0, 0.1) is 11.3 Å². The van der Waals surface area contributed by atoms with Crippen LogP contribution in [0.3, 0.4) is 0 Å². The number of thiophene rings is 1. The van der Waals surface area contributed by atoms with Crippen molar-refractivity contribution in [1.29, 1.82) is 5.26 Å². The van der Waals surface area contributed by atoms with Crippen molar-refractivity contribution >= 4 is 29.0 Å². The minimum Gasteiger partial charge on any atom is -0.351 e. The van der Waals surface area contributed by atoms with Crippen molar-refractivity contribution in [1.82, 2.24) is 5.32 Å². The first-order chi connectivity index (χ1) is 8.31. The molecular weight excluding hydrogens is 252 g/mol. The third-order valence-electron chi connectivity index (χ3n) is 2.60. The van der Waals surface area contributed by atoms with Crippen LogP contribution in [0.5, 0.6) is 0 Å². The normalized spacial score (nSPS) is 13.8. The fourth-order valence-electron chi connectivity index (χ4n) is 1.72. The molecule has 0 saturated carbocycles. The number of hydrogen-bond acceptors (Lipinski definition) is 4. The zero-order valence-corrected chi connectivity index (χ0v) is 11.1. The average Bonchev–Trinajstić information content (AvgIpc) is 2.78. The number of amides is 1. The first-order valence-electron chi connectivity index (χ1n) is 5.65. The van der Waals surface area contributed by atoms with E-state index < -0.39 is 0 Å². The van der Waals surface area contributed by atoms with E-state index in [0.29, 0.717) is 13.0 Å². The van der Waals surface area contributed by atoms with Crippen LogP contribution in [0.15, 0.2) is 6.07 Å². The Morgan fingerprint density at radius 3 is 3.24 bits per heavy atom. The highest BCUT2D eigenvalue weighted by molar-refractivity contribution is 7.98. The van der Waals surface area contributed by atoms with Crippen LogP contribution in [0.2, 0.25) is 0 Å². The van der Waals surface area contributed by atoms with Gasteiger partial charge in [0, 0.05) is 23.6 Å². The Labute approximate surface area is 109 Å². The number of aryl methyl sites for hydroxylation is 1. The van der Waals surface area contributed by atoms with Crippen LogP contribution >= 0.6 is 23.1 Å². The van der Waals surface area contributed by atoms with E-state index >= 15 is 0 Å². The average molecular weight is 266 g/mol. The summed E-state index contributed by atoms with van der Waals surface area (Å²) in [6.07, 6.45) is 2.31. The zero-order valence-electron chi connectivity index (χ0n) is 9.49. The molecule has 0 saturated heterocycles. The predicted octanol–water partition coefficient (Wildman–Crippen LogP) is 2.57. The maximum Gasteiger partial charge on any atom is 0.261 e. The van der Waals surface area contributed by atoms with E-state index in [9.17, 15) is 4.79 Å². The van der Waals surface area contributed by atoms with Crippen LogP contribution in [-0.2, 0) is 12.2 Å². The van der Waals surface area contributed by atoms with E-state index in [2.05, 4.69) is 11.4 Å². The lowest BCUT2D eigenvalue weighted by Gasteiger charge is -2.08. The molecule has 0 spiro atoms. The molecule has 5 heteroatoms. The zero-order chi connectivity index (χ0) is 12.1. The van der Waals surface area contributed by atoms with Crippen LogP contribution in [-0.4, -0.2) is 18.2 Å². The van der Waals surface area contributed by atoms with Crippen molar-refractivity contribution in [2.75, 3.05) is 12.3 Å². The largest absolute Gasteiger partial charge is 0.351 e. The lowest BCUT2D eigenvalue weighted by molar-refractivity contribution is 0.0957. The number of rotatable bonds is 4. The molecule has 1 aliphatic rings. The molecule has 1 N–H and O–H groups in total. The highest BCUT2D eigenvalue weighted by atomic mass is 32.2. The molecule has 2 rings (SSSR count). The SMILES string of the molecule is N#CCCCNC(=O)c1cc2c(s1)CCSC2. The Morgan fingerprint density at radius 1 is 1.59 bits per heavy atom. The Hall–Kier alpha value is -0.990. The number of nitrogens with one attached hydrogen (secondary N) is 1. The monoisotopic (exact) mass is 266 g/mol. The number of thioether (sulfide) groups is 1. The lowest BCUT2D eigenvalue weighted by Crippen LogP contribution is -2.23.